The minimum absolute atomic E-state index is 0.0415. The molecule has 1 rings (SSSR count). The van der Waals surface area contributed by atoms with Gasteiger partial charge in [0.15, 0.2) is 6.29 Å². The quantitative estimate of drug-likeness (QED) is 0.311. The molecule has 0 amide bonds. The zero-order chi connectivity index (χ0) is 14.6. The van der Waals surface area contributed by atoms with Crippen LogP contribution in [0.1, 0.15) is 45.4 Å². The number of hydrogen-bond acceptors (Lipinski definition) is 4. The number of rotatable bonds is 7. The number of hydrogen-bond donors (Lipinski definition) is 0. The van der Waals surface area contributed by atoms with Crippen LogP contribution in [-0.4, -0.2) is 32.1 Å². The Kier molecular flexibility index (Phi) is 8.77. The molecule has 1 fully saturated rings. The highest BCUT2D eigenvalue weighted by atomic mass is 16.7. The molecule has 1 aliphatic rings. The highest BCUT2D eigenvalue weighted by Gasteiger charge is 2.13. The molecule has 1 saturated heterocycles. The van der Waals surface area contributed by atoms with Gasteiger partial charge in [-0.3, -0.25) is 0 Å². The Morgan fingerprint density at radius 3 is 2.95 bits per heavy atom. The third-order valence-corrected chi connectivity index (χ3v) is 2.97. The Balaban J connectivity index is 2.03. The van der Waals surface area contributed by atoms with Crippen molar-refractivity contribution >= 4 is 5.97 Å². The summed E-state index contributed by atoms with van der Waals surface area (Å²) in [7, 11) is 0. The fourth-order valence-electron chi connectivity index (χ4n) is 1.84. The molecule has 1 atom stereocenters. The van der Waals surface area contributed by atoms with Crippen molar-refractivity contribution in [3.05, 3.63) is 12.2 Å². The van der Waals surface area contributed by atoms with Crippen molar-refractivity contribution in [2.45, 2.75) is 51.7 Å². The highest BCUT2D eigenvalue weighted by Crippen LogP contribution is 2.15. The summed E-state index contributed by atoms with van der Waals surface area (Å²) in [5, 5.41) is 0. The Morgan fingerprint density at radius 1 is 1.40 bits per heavy atom. The van der Waals surface area contributed by atoms with Gasteiger partial charge in [-0.1, -0.05) is 18.1 Å². The zero-order valence-corrected chi connectivity index (χ0v) is 12.3. The molecule has 0 aromatic heterocycles. The van der Waals surface area contributed by atoms with Crippen LogP contribution in [-0.2, 0) is 19.0 Å². The van der Waals surface area contributed by atoms with Crippen LogP contribution >= 0.6 is 0 Å². The molecule has 1 heterocycles. The third kappa shape index (κ3) is 7.98. The molecule has 0 bridgehead atoms. The van der Waals surface area contributed by atoms with Gasteiger partial charge in [-0.15, -0.1) is 0 Å². The molecule has 112 valence electrons. The average molecular weight is 280 g/mol. The van der Waals surface area contributed by atoms with E-state index in [1.165, 1.54) is 6.42 Å². The Labute approximate surface area is 121 Å². The predicted octanol–water partition coefficient (Wildman–Crippen LogP) is 2.82. The molecule has 20 heavy (non-hydrogen) atoms. The average Bonchev–Trinajstić information content (AvgIpc) is 2.45. The normalized spacial score (nSPS) is 17.9. The first-order valence-electron chi connectivity index (χ1n) is 7.28. The fourth-order valence-corrected chi connectivity index (χ4v) is 1.84. The molecule has 0 saturated carbocycles. The molecule has 0 aromatic carbocycles. The minimum Gasteiger partial charge on any atom is -0.456 e. The van der Waals surface area contributed by atoms with Crippen molar-refractivity contribution in [2.75, 3.05) is 19.8 Å². The molecule has 1 unspecified atom stereocenters. The number of esters is 1. The number of carbonyl (C=O) groups is 1. The summed E-state index contributed by atoms with van der Waals surface area (Å²) in [6.07, 6.45) is 5.46. The maximum atomic E-state index is 11.0. The van der Waals surface area contributed by atoms with E-state index in [1.54, 1.807) is 6.92 Å². The van der Waals surface area contributed by atoms with Crippen molar-refractivity contribution in [3.63, 3.8) is 0 Å². The molecular weight excluding hydrogens is 256 g/mol. The Morgan fingerprint density at radius 2 is 2.25 bits per heavy atom. The lowest BCUT2D eigenvalue weighted by Gasteiger charge is -2.22. The summed E-state index contributed by atoms with van der Waals surface area (Å²) in [4.78, 5) is 11.0. The monoisotopic (exact) mass is 280 g/mol. The van der Waals surface area contributed by atoms with Gasteiger partial charge in [0.2, 0.25) is 0 Å². The van der Waals surface area contributed by atoms with E-state index >= 15 is 0 Å². The van der Waals surface area contributed by atoms with E-state index in [9.17, 15) is 4.79 Å². The van der Waals surface area contributed by atoms with Gasteiger partial charge < -0.3 is 14.2 Å². The van der Waals surface area contributed by atoms with E-state index in [0.717, 1.165) is 37.9 Å². The van der Waals surface area contributed by atoms with Gasteiger partial charge >= 0.3 is 5.97 Å². The van der Waals surface area contributed by atoms with Crippen molar-refractivity contribution in [1.82, 2.24) is 0 Å². The van der Waals surface area contributed by atoms with Crippen LogP contribution in [0.2, 0.25) is 0 Å². The van der Waals surface area contributed by atoms with Crippen LogP contribution in [0.3, 0.4) is 0 Å². The van der Waals surface area contributed by atoms with E-state index in [4.69, 9.17) is 14.2 Å². The summed E-state index contributed by atoms with van der Waals surface area (Å²) < 4.78 is 15.8. The second-order valence-corrected chi connectivity index (χ2v) is 4.69. The fraction of sp³-hybridized carbons (Fsp3) is 0.688. The zero-order valence-electron chi connectivity index (χ0n) is 12.3. The van der Waals surface area contributed by atoms with Gasteiger partial charge in [0.05, 0.1) is 13.2 Å². The largest absolute Gasteiger partial charge is 0.456 e. The van der Waals surface area contributed by atoms with Gasteiger partial charge in [0.25, 0.3) is 0 Å². The third-order valence-electron chi connectivity index (χ3n) is 2.97. The van der Waals surface area contributed by atoms with Crippen molar-refractivity contribution in [2.24, 2.45) is 0 Å². The first-order valence-corrected chi connectivity index (χ1v) is 7.28. The molecule has 0 aromatic rings. The number of ether oxygens (including phenoxy) is 3. The van der Waals surface area contributed by atoms with E-state index in [-0.39, 0.29) is 6.29 Å². The van der Waals surface area contributed by atoms with E-state index in [1.807, 2.05) is 0 Å². The minimum atomic E-state index is -0.462. The lowest BCUT2D eigenvalue weighted by molar-refractivity contribution is -0.161. The molecular formula is C16H24O4. The molecule has 4 nitrogen and oxygen atoms in total. The Bertz CT molecular complexity index is 358. The summed E-state index contributed by atoms with van der Waals surface area (Å²) in [5.41, 5.74) is 1.08. The summed E-state index contributed by atoms with van der Waals surface area (Å²) in [6.45, 7) is 7.54. The first-order chi connectivity index (χ1) is 9.72. The first kappa shape index (κ1) is 16.7. The molecule has 4 heteroatoms. The summed E-state index contributed by atoms with van der Waals surface area (Å²) >= 11 is 0. The predicted molar refractivity (Wildman–Crippen MR) is 76.9 cm³/mol. The maximum Gasteiger partial charge on any atom is 0.384 e. The highest BCUT2D eigenvalue weighted by molar-refractivity contribution is 5.88. The van der Waals surface area contributed by atoms with Crippen molar-refractivity contribution in [3.8, 4) is 11.8 Å². The van der Waals surface area contributed by atoms with Gasteiger partial charge in [0, 0.05) is 18.9 Å². The standard InChI is InChI=1S/C16H24O4/c1-3-18-15(17)9-5-4-8-14(2)11-13-20-16-10-6-7-12-19-16/h16H,2-4,6-8,10-13H2,1H3. The van der Waals surface area contributed by atoms with Crippen molar-refractivity contribution < 1.29 is 19.0 Å². The van der Waals surface area contributed by atoms with Crippen molar-refractivity contribution in [1.29, 1.82) is 0 Å². The van der Waals surface area contributed by atoms with Crippen LogP contribution in [0, 0.1) is 11.8 Å². The smallest absolute Gasteiger partial charge is 0.384 e. The van der Waals surface area contributed by atoms with Gasteiger partial charge in [-0.25, -0.2) is 4.79 Å². The summed E-state index contributed by atoms with van der Waals surface area (Å²) in [5.74, 6) is 4.77. The van der Waals surface area contributed by atoms with Crippen LogP contribution in [0.25, 0.3) is 0 Å². The lowest BCUT2D eigenvalue weighted by atomic mass is 10.1. The van der Waals surface area contributed by atoms with Gasteiger partial charge in [0.1, 0.15) is 0 Å². The van der Waals surface area contributed by atoms with E-state index in [0.29, 0.717) is 19.6 Å². The topological polar surface area (TPSA) is 44.8 Å². The van der Waals surface area contributed by atoms with E-state index < -0.39 is 5.97 Å². The van der Waals surface area contributed by atoms with Gasteiger partial charge in [-0.05, 0) is 39.0 Å². The molecule has 0 N–H and O–H groups in total. The molecule has 0 spiro atoms. The molecule has 0 aliphatic carbocycles. The summed E-state index contributed by atoms with van der Waals surface area (Å²) in [6, 6.07) is 0. The van der Waals surface area contributed by atoms with Crippen LogP contribution in [0.15, 0.2) is 12.2 Å². The van der Waals surface area contributed by atoms with Crippen LogP contribution in [0.4, 0.5) is 0 Å². The molecule has 1 aliphatic heterocycles. The van der Waals surface area contributed by atoms with E-state index in [2.05, 4.69) is 18.4 Å². The Hall–Kier alpha value is -1.31. The SMILES string of the molecule is C=C(CCC#CC(=O)OCC)CCOC1CCCCO1. The lowest BCUT2D eigenvalue weighted by Crippen LogP contribution is -2.22. The van der Waals surface area contributed by atoms with Crippen LogP contribution in [0.5, 0.6) is 0 Å². The number of carbonyl (C=O) groups excluding carboxylic acids is 1. The van der Waals surface area contributed by atoms with Crippen LogP contribution < -0.4 is 0 Å². The van der Waals surface area contributed by atoms with Gasteiger partial charge in [-0.2, -0.15) is 0 Å². The maximum absolute atomic E-state index is 11.0. The second kappa shape index (κ2) is 10.5. The second-order valence-electron chi connectivity index (χ2n) is 4.69. The molecule has 0 radical (unpaired) electrons.